The zero-order chi connectivity index (χ0) is 18.1. The van der Waals surface area contributed by atoms with E-state index in [2.05, 4.69) is 0 Å². The topological polar surface area (TPSA) is 57.7 Å². The van der Waals surface area contributed by atoms with Gasteiger partial charge in [-0.25, -0.2) is 4.90 Å². The normalized spacial score (nSPS) is 19.6. The zero-order valence-corrected chi connectivity index (χ0v) is 14.4. The third-order valence-corrected chi connectivity index (χ3v) is 5.09. The lowest BCUT2D eigenvalue weighted by Gasteiger charge is -2.34. The van der Waals surface area contributed by atoms with Crippen LogP contribution in [0.15, 0.2) is 54.6 Å². The number of piperidine rings is 1. The Labute approximate surface area is 152 Å². The molecular weight excluding hydrogens is 328 g/mol. The summed E-state index contributed by atoms with van der Waals surface area (Å²) < 4.78 is 0. The van der Waals surface area contributed by atoms with Crippen molar-refractivity contribution in [3.63, 3.8) is 0 Å². The second-order valence-electron chi connectivity index (χ2n) is 6.76. The van der Waals surface area contributed by atoms with Crippen molar-refractivity contribution >= 4 is 23.4 Å². The number of carbonyl (C=O) groups excluding carboxylic acids is 3. The van der Waals surface area contributed by atoms with E-state index in [-0.39, 0.29) is 24.1 Å². The molecule has 2 aromatic rings. The summed E-state index contributed by atoms with van der Waals surface area (Å²) in [6, 6.07) is 15.7. The van der Waals surface area contributed by atoms with Gasteiger partial charge in [0.15, 0.2) is 0 Å². The van der Waals surface area contributed by atoms with Crippen molar-refractivity contribution in [2.24, 2.45) is 0 Å². The Morgan fingerprint density at radius 3 is 2.50 bits per heavy atom. The van der Waals surface area contributed by atoms with Crippen LogP contribution >= 0.6 is 0 Å². The minimum absolute atomic E-state index is 0.127. The van der Waals surface area contributed by atoms with Gasteiger partial charge >= 0.3 is 0 Å². The van der Waals surface area contributed by atoms with Crippen LogP contribution in [0.2, 0.25) is 0 Å². The van der Waals surface area contributed by atoms with E-state index in [0.29, 0.717) is 24.2 Å². The van der Waals surface area contributed by atoms with Gasteiger partial charge in [-0.3, -0.25) is 14.4 Å². The van der Waals surface area contributed by atoms with Crippen molar-refractivity contribution in [3.8, 4) is 0 Å². The van der Waals surface area contributed by atoms with Gasteiger partial charge in [0.1, 0.15) is 6.04 Å². The molecule has 0 aliphatic carbocycles. The fourth-order valence-electron chi connectivity index (χ4n) is 3.81. The second kappa shape index (κ2) is 6.75. The molecule has 0 unspecified atom stereocenters. The van der Waals surface area contributed by atoms with Crippen molar-refractivity contribution in [1.29, 1.82) is 0 Å². The van der Waals surface area contributed by atoms with Gasteiger partial charge in [0.25, 0.3) is 11.8 Å². The Morgan fingerprint density at radius 2 is 1.69 bits per heavy atom. The van der Waals surface area contributed by atoms with Crippen LogP contribution < -0.4 is 4.90 Å². The smallest absolute Gasteiger partial charge is 0.256 e. The van der Waals surface area contributed by atoms with Gasteiger partial charge in [-0.15, -0.1) is 0 Å². The van der Waals surface area contributed by atoms with Gasteiger partial charge in [-0.05, 0) is 37.0 Å². The highest BCUT2D eigenvalue weighted by Crippen LogP contribution is 2.32. The first-order valence-electron chi connectivity index (χ1n) is 8.97. The number of benzene rings is 2. The molecule has 4 rings (SSSR count). The number of fused-ring (bicyclic) bond motifs is 2. The molecule has 26 heavy (non-hydrogen) atoms. The Morgan fingerprint density at radius 1 is 0.962 bits per heavy atom. The van der Waals surface area contributed by atoms with Crippen LogP contribution in [0.4, 0.5) is 5.69 Å². The molecule has 5 nitrogen and oxygen atoms in total. The molecule has 2 aliphatic rings. The number of carbonyl (C=O) groups is 3. The van der Waals surface area contributed by atoms with Crippen LogP contribution in [0.5, 0.6) is 0 Å². The SMILES string of the molecule is O=C(Cc1ccccc1)N1C(=O)[C@@H]2CCCCN2C(=O)c2ccccc21. The predicted molar refractivity (Wildman–Crippen MR) is 97.8 cm³/mol. The summed E-state index contributed by atoms with van der Waals surface area (Å²) in [6.07, 6.45) is 2.50. The number of rotatable bonds is 2. The van der Waals surface area contributed by atoms with Crippen LogP contribution in [0, 0.1) is 0 Å². The molecule has 5 heteroatoms. The maximum absolute atomic E-state index is 13.2. The van der Waals surface area contributed by atoms with Gasteiger partial charge in [0.2, 0.25) is 5.91 Å². The van der Waals surface area contributed by atoms with E-state index >= 15 is 0 Å². The summed E-state index contributed by atoms with van der Waals surface area (Å²) in [5.74, 6) is -0.744. The second-order valence-corrected chi connectivity index (χ2v) is 6.76. The fourth-order valence-corrected chi connectivity index (χ4v) is 3.81. The van der Waals surface area contributed by atoms with Crippen LogP contribution in [-0.4, -0.2) is 35.2 Å². The Bertz CT molecular complexity index is 863. The third-order valence-electron chi connectivity index (χ3n) is 5.09. The van der Waals surface area contributed by atoms with E-state index in [9.17, 15) is 14.4 Å². The van der Waals surface area contributed by atoms with Crippen molar-refractivity contribution in [1.82, 2.24) is 4.90 Å². The first-order chi connectivity index (χ1) is 12.7. The number of imide groups is 1. The Balaban J connectivity index is 1.76. The lowest BCUT2D eigenvalue weighted by atomic mass is 10.0. The van der Waals surface area contributed by atoms with E-state index in [0.717, 1.165) is 18.4 Å². The third kappa shape index (κ3) is 2.79. The zero-order valence-electron chi connectivity index (χ0n) is 14.4. The van der Waals surface area contributed by atoms with Gasteiger partial charge in [0.05, 0.1) is 17.7 Å². The van der Waals surface area contributed by atoms with E-state index in [1.54, 1.807) is 29.2 Å². The summed E-state index contributed by atoms with van der Waals surface area (Å²) in [5, 5.41) is 0. The van der Waals surface area contributed by atoms with Crippen molar-refractivity contribution < 1.29 is 14.4 Å². The van der Waals surface area contributed by atoms with Gasteiger partial charge < -0.3 is 4.90 Å². The molecule has 0 bridgehead atoms. The first-order valence-corrected chi connectivity index (χ1v) is 8.97. The minimum Gasteiger partial charge on any atom is -0.327 e. The molecule has 0 radical (unpaired) electrons. The number of hydrogen-bond donors (Lipinski definition) is 0. The number of nitrogens with zero attached hydrogens (tertiary/aromatic N) is 2. The van der Waals surface area contributed by atoms with Crippen LogP contribution in [0.3, 0.4) is 0 Å². The van der Waals surface area contributed by atoms with E-state index in [4.69, 9.17) is 0 Å². The fraction of sp³-hybridized carbons (Fsp3) is 0.286. The highest BCUT2D eigenvalue weighted by Gasteiger charge is 2.42. The average Bonchev–Trinajstić information content (AvgIpc) is 2.77. The number of hydrogen-bond acceptors (Lipinski definition) is 3. The lowest BCUT2D eigenvalue weighted by molar-refractivity contribution is -0.129. The summed E-state index contributed by atoms with van der Waals surface area (Å²) in [7, 11) is 0. The summed E-state index contributed by atoms with van der Waals surface area (Å²) in [4.78, 5) is 42.1. The Kier molecular flexibility index (Phi) is 4.29. The molecule has 2 aromatic carbocycles. The average molecular weight is 348 g/mol. The minimum atomic E-state index is -0.552. The summed E-state index contributed by atoms with van der Waals surface area (Å²) >= 11 is 0. The maximum atomic E-state index is 13.2. The van der Waals surface area contributed by atoms with E-state index in [1.165, 1.54) is 4.90 Å². The summed E-state index contributed by atoms with van der Waals surface area (Å²) in [6.45, 7) is 0.560. The van der Waals surface area contributed by atoms with Crippen LogP contribution in [-0.2, 0) is 16.0 Å². The standard InChI is InChI=1S/C21H20N2O3/c24-19(14-15-8-2-1-3-9-15)23-17-11-5-4-10-16(17)20(25)22-13-7-6-12-18(22)21(23)26/h1-5,8-11,18H,6-7,12-14H2/t18-/m0/s1. The molecule has 3 amide bonds. The lowest BCUT2D eigenvalue weighted by Crippen LogP contribution is -2.52. The maximum Gasteiger partial charge on any atom is 0.256 e. The van der Waals surface area contributed by atoms with Gasteiger partial charge in [-0.1, -0.05) is 42.5 Å². The van der Waals surface area contributed by atoms with Crippen LogP contribution in [0.1, 0.15) is 35.2 Å². The van der Waals surface area contributed by atoms with Gasteiger partial charge in [0, 0.05) is 6.54 Å². The molecule has 0 spiro atoms. The molecule has 2 heterocycles. The monoisotopic (exact) mass is 348 g/mol. The molecule has 1 atom stereocenters. The van der Waals surface area contributed by atoms with Crippen molar-refractivity contribution in [2.75, 3.05) is 11.4 Å². The first kappa shape index (κ1) is 16.5. The molecule has 0 aromatic heterocycles. The molecule has 0 saturated carbocycles. The number of anilines is 1. The van der Waals surface area contributed by atoms with Crippen LogP contribution in [0.25, 0.3) is 0 Å². The number of para-hydroxylation sites is 1. The van der Waals surface area contributed by atoms with E-state index in [1.807, 2.05) is 30.3 Å². The largest absolute Gasteiger partial charge is 0.327 e. The highest BCUT2D eigenvalue weighted by atomic mass is 16.2. The van der Waals surface area contributed by atoms with Gasteiger partial charge in [-0.2, -0.15) is 0 Å². The quantitative estimate of drug-likeness (QED) is 0.838. The molecular formula is C21H20N2O3. The molecule has 2 aliphatic heterocycles. The van der Waals surface area contributed by atoms with E-state index < -0.39 is 6.04 Å². The summed E-state index contributed by atoms with van der Waals surface area (Å²) in [5.41, 5.74) is 1.67. The molecule has 1 saturated heterocycles. The molecule has 132 valence electrons. The van der Waals surface area contributed by atoms with Crippen molar-refractivity contribution in [3.05, 3.63) is 65.7 Å². The molecule has 0 N–H and O–H groups in total. The highest BCUT2D eigenvalue weighted by molar-refractivity contribution is 6.22. The number of amides is 3. The predicted octanol–water partition coefficient (Wildman–Crippen LogP) is 2.80. The molecule has 1 fully saturated rings. The Hall–Kier alpha value is -2.95. The van der Waals surface area contributed by atoms with Crippen molar-refractivity contribution in [2.45, 2.75) is 31.7 Å².